The van der Waals surface area contributed by atoms with Crippen LogP contribution in [0, 0.1) is 0 Å². The molecule has 3 nitrogen and oxygen atoms in total. The Labute approximate surface area is 312 Å². The SMILES string of the molecule is FC(c1cccc(-c2ccccn2)c1)c1cccc(-n2c3ncccc3c3ccc4c(c32)Sc2ccccc2[Si]4(c2ccccc2)c2ccccc2)c1. The van der Waals surface area contributed by atoms with Crippen LogP contribution >= 0.6 is 11.8 Å². The Bertz CT molecular complexity index is 2750. The van der Waals surface area contributed by atoms with E-state index in [1.54, 1.807) is 6.20 Å². The molecule has 6 heteroatoms. The quantitative estimate of drug-likeness (QED) is 0.161. The summed E-state index contributed by atoms with van der Waals surface area (Å²) in [6.07, 6.45) is 2.29. The van der Waals surface area contributed by atoms with Crippen molar-refractivity contribution in [3.05, 3.63) is 199 Å². The van der Waals surface area contributed by atoms with Crippen molar-refractivity contribution in [1.82, 2.24) is 14.5 Å². The van der Waals surface area contributed by atoms with E-state index in [0.717, 1.165) is 38.9 Å². The second-order valence-corrected chi connectivity index (χ2v) is 18.2. The van der Waals surface area contributed by atoms with Gasteiger partial charge in [-0.15, -0.1) is 0 Å². The van der Waals surface area contributed by atoms with Crippen molar-refractivity contribution in [1.29, 1.82) is 0 Å². The third kappa shape index (κ3) is 5.01. The first-order chi connectivity index (χ1) is 26.2. The van der Waals surface area contributed by atoms with Gasteiger partial charge in [0.1, 0.15) is 5.65 Å². The standard InChI is InChI=1S/C47H32FN3SSi/c48-44(33-15-11-14-32(30-33)40-23-9-10-28-49-40)34-16-12-17-35(31-34)51-45-38(39-22-13-29-50-47(39)51)26-27-43-46(45)52-41-24-7-8-25-42(41)53(43,36-18-3-1-4-19-36)37-20-5-2-6-21-37/h1-31,44H. The molecule has 1 unspecified atom stereocenters. The highest BCUT2D eigenvalue weighted by molar-refractivity contribution is 8.00. The third-order valence-electron chi connectivity index (χ3n) is 10.5. The highest BCUT2D eigenvalue weighted by Gasteiger charge is 2.47. The Morgan fingerprint density at radius 1 is 0.547 bits per heavy atom. The molecule has 0 amide bonds. The fourth-order valence-electron chi connectivity index (χ4n) is 8.24. The summed E-state index contributed by atoms with van der Waals surface area (Å²) in [6.45, 7) is 0. The zero-order valence-electron chi connectivity index (χ0n) is 28.6. The lowest BCUT2D eigenvalue weighted by Crippen LogP contribution is -2.76. The number of hydrogen-bond donors (Lipinski definition) is 0. The van der Waals surface area contributed by atoms with Crippen molar-refractivity contribution in [2.75, 3.05) is 0 Å². The van der Waals surface area contributed by atoms with Crippen LogP contribution in [0.15, 0.2) is 198 Å². The first-order valence-corrected chi connectivity index (χ1v) is 20.6. The maximum atomic E-state index is 16.7. The van der Waals surface area contributed by atoms with Gasteiger partial charge in [0.2, 0.25) is 0 Å². The summed E-state index contributed by atoms with van der Waals surface area (Å²) in [6, 6.07) is 61.2. The molecule has 0 aliphatic carbocycles. The number of hydrogen-bond acceptors (Lipinski definition) is 3. The number of benzene rings is 6. The van der Waals surface area contributed by atoms with Crippen LogP contribution in [0.1, 0.15) is 17.3 Å². The molecule has 9 aromatic rings. The van der Waals surface area contributed by atoms with E-state index in [0.29, 0.717) is 11.1 Å². The molecule has 0 spiro atoms. The third-order valence-corrected chi connectivity index (χ3v) is 16.9. The molecule has 3 aromatic heterocycles. The van der Waals surface area contributed by atoms with E-state index in [9.17, 15) is 0 Å². The number of pyridine rings is 2. The van der Waals surface area contributed by atoms with Crippen LogP contribution in [-0.2, 0) is 0 Å². The zero-order valence-corrected chi connectivity index (χ0v) is 30.4. The molecule has 53 heavy (non-hydrogen) atoms. The predicted octanol–water partition coefficient (Wildman–Crippen LogP) is 9.14. The van der Waals surface area contributed by atoms with Gasteiger partial charge in [-0.05, 0) is 80.4 Å². The minimum atomic E-state index is -2.79. The van der Waals surface area contributed by atoms with E-state index >= 15 is 4.39 Å². The van der Waals surface area contributed by atoms with E-state index in [2.05, 4.69) is 119 Å². The second-order valence-electron chi connectivity index (χ2n) is 13.4. The number of nitrogens with zero attached hydrogens (tertiary/aromatic N) is 3. The molecule has 0 N–H and O–H groups in total. The molecule has 0 fully saturated rings. The molecular weight excluding hydrogens is 686 g/mol. The molecule has 0 saturated carbocycles. The van der Waals surface area contributed by atoms with Gasteiger partial charge in [-0.2, -0.15) is 0 Å². The molecule has 6 aromatic carbocycles. The van der Waals surface area contributed by atoms with Gasteiger partial charge in [0.05, 0.1) is 11.2 Å². The molecule has 1 atom stereocenters. The van der Waals surface area contributed by atoms with E-state index < -0.39 is 14.2 Å². The Morgan fingerprint density at radius 2 is 1.25 bits per heavy atom. The lowest BCUT2D eigenvalue weighted by atomic mass is 9.99. The molecule has 0 radical (unpaired) electrons. The minimum Gasteiger partial charge on any atom is -0.293 e. The average molecular weight is 718 g/mol. The summed E-state index contributed by atoms with van der Waals surface area (Å²) in [5.41, 5.74) is 5.73. The van der Waals surface area contributed by atoms with E-state index in [1.807, 2.05) is 84.7 Å². The van der Waals surface area contributed by atoms with E-state index in [1.165, 1.54) is 30.5 Å². The summed E-state index contributed by atoms with van der Waals surface area (Å²) in [5, 5.41) is 7.63. The average Bonchev–Trinajstić information content (AvgIpc) is 3.58. The fourth-order valence-corrected chi connectivity index (χ4v) is 15.3. The normalized spacial score (nSPS) is 13.8. The van der Waals surface area contributed by atoms with Crippen LogP contribution in [0.5, 0.6) is 0 Å². The van der Waals surface area contributed by atoms with Gasteiger partial charge >= 0.3 is 0 Å². The van der Waals surface area contributed by atoms with E-state index in [4.69, 9.17) is 4.98 Å². The highest BCUT2D eigenvalue weighted by atomic mass is 32.2. The summed E-state index contributed by atoms with van der Waals surface area (Å²) >= 11 is 1.84. The maximum Gasteiger partial charge on any atom is 0.181 e. The summed E-state index contributed by atoms with van der Waals surface area (Å²) in [5.74, 6) is 0. The minimum absolute atomic E-state index is 0.590. The van der Waals surface area contributed by atoms with Crippen molar-refractivity contribution in [2.24, 2.45) is 0 Å². The molecule has 0 bridgehead atoms. The van der Waals surface area contributed by atoms with Crippen molar-refractivity contribution in [2.45, 2.75) is 16.0 Å². The van der Waals surface area contributed by atoms with Crippen molar-refractivity contribution >= 4 is 62.5 Å². The van der Waals surface area contributed by atoms with Gasteiger partial charge in [0.15, 0.2) is 14.2 Å². The number of alkyl halides is 1. The maximum absolute atomic E-state index is 16.7. The van der Waals surface area contributed by atoms with Crippen LogP contribution in [0.2, 0.25) is 0 Å². The number of fused-ring (bicyclic) bond motifs is 6. The first kappa shape index (κ1) is 31.6. The van der Waals surface area contributed by atoms with E-state index in [-0.39, 0.29) is 0 Å². The second kappa shape index (κ2) is 12.8. The topological polar surface area (TPSA) is 30.7 Å². The summed E-state index contributed by atoms with van der Waals surface area (Å²) in [7, 11) is -2.79. The Hall–Kier alpha value is -6.08. The van der Waals surface area contributed by atoms with Crippen LogP contribution < -0.4 is 20.7 Å². The molecular formula is C47H32FN3SSi. The van der Waals surface area contributed by atoms with Gasteiger partial charge in [0.25, 0.3) is 0 Å². The fraction of sp³-hybridized carbons (Fsp3) is 0.0213. The lowest BCUT2D eigenvalue weighted by Gasteiger charge is -2.40. The largest absolute Gasteiger partial charge is 0.293 e. The Balaban J connectivity index is 1.22. The van der Waals surface area contributed by atoms with Crippen molar-refractivity contribution in [3.63, 3.8) is 0 Å². The number of aromatic nitrogens is 3. The Morgan fingerprint density at radius 3 is 2.02 bits per heavy atom. The summed E-state index contributed by atoms with van der Waals surface area (Å²) in [4.78, 5) is 12.0. The first-order valence-electron chi connectivity index (χ1n) is 17.8. The van der Waals surface area contributed by atoms with Crippen LogP contribution in [0.3, 0.4) is 0 Å². The number of rotatable bonds is 6. The summed E-state index contributed by atoms with van der Waals surface area (Å²) < 4.78 is 18.9. The Kier molecular flexibility index (Phi) is 7.67. The smallest absolute Gasteiger partial charge is 0.181 e. The molecule has 4 heterocycles. The lowest BCUT2D eigenvalue weighted by molar-refractivity contribution is 0.402. The molecule has 10 rings (SSSR count). The van der Waals surface area contributed by atoms with Gasteiger partial charge in [-0.25, -0.2) is 9.37 Å². The highest BCUT2D eigenvalue weighted by Crippen LogP contribution is 2.42. The van der Waals surface area contributed by atoms with Crippen LogP contribution in [0.4, 0.5) is 4.39 Å². The van der Waals surface area contributed by atoms with Gasteiger partial charge in [-0.3, -0.25) is 9.55 Å². The molecule has 1 aliphatic rings. The molecule has 252 valence electrons. The molecule has 1 aliphatic heterocycles. The monoisotopic (exact) mass is 717 g/mol. The zero-order chi connectivity index (χ0) is 35.4. The molecule has 0 saturated heterocycles. The van der Waals surface area contributed by atoms with Gasteiger partial charge < -0.3 is 0 Å². The number of halogens is 1. The van der Waals surface area contributed by atoms with Crippen molar-refractivity contribution < 1.29 is 4.39 Å². The van der Waals surface area contributed by atoms with Crippen LogP contribution in [0.25, 0.3) is 38.9 Å². The van der Waals surface area contributed by atoms with Gasteiger partial charge in [0, 0.05) is 44.2 Å². The van der Waals surface area contributed by atoms with Gasteiger partial charge in [-0.1, -0.05) is 139 Å². The van der Waals surface area contributed by atoms with Crippen LogP contribution in [-0.4, -0.2) is 22.6 Å². The predicted molar refractivity (Wildman–Crippen MR) is 219 cm³/mol. The van der Waals surface area contributed by atoms with Crippen molar-refractivity contribution in [3.8, 4) is 16.9 Å².